The number of benzene rings is 2. The number of nitro benzene ring substituents is 1. The molecule has 0 bridgehead atoms. The van der Waals surface area contributed by atoms with E-state index in [0.29, 0.717) is 15.6 Å². The highest BCUT2D eigenvalue weighted by Crippen LogP contribution is 2.29. The minimum absolute atomic E-state index is 0.234. The number of anilines is 1. The predicted molar refractivity (Wildman–Crippen MR) is 109 cm³/mol. The van der Waals surface area contributed by atoms with E-state index in [1.165, 1.54) is 17.0 Å². The van der Waals surface area contributed by atoms with Gasteiger partial charge in [0.2, 0.25) is 10.0 Å². The summed E-state index contributed by atoms with van der Waals surface area (Å²) in [4.78, 5) is 23.6. The first kappa shape index (κ1) is 22.9. The average Bonchev–Trinajstić information content (AvgIpc) is 2.65. The Bertz CT molecular complexity index is 1020. The largest absolute Gasteiger partial charge is 0.460 e. The molecule has 0 unspecified atom stereocenters. The van der Waals surface area contributed by atoms with Gasteiger partial charge in [0.05, 0.1) is 9.82 Å². The fraction of sp³-hybridized carbons (Fsp3) is 0.235. The fourth-order valence-corrected chi connectivity index (χ4v) is 3.80. The lowest BCUT2D eigenvalue weighted by atomic mass is 10.2. The number of nitrogens with zero attached hydrogens (tertiary/aromatic N) is 2. The summed E-state index contributed by atoms with van der Waals surface area (Å²) in [5.41, 5.74) is 0.251. The number of nitro groups is 1. The average molecular weight is 462 g/mol. The van der Waals surface area contributed by atoms with Crippen LogP contribution in [0.1, 0.15) is 5.56 Å². The Kier molecular flexibility index (Phi) is 7.42. The zero-order valence-electron chi connectivity index (χ0n) is 15.4. The monoisotopic (exact) mass is 461 g/mol. The number of carbonyl (C=O) groups excluding carboxylic acids is 1. The first-order valence-corrected chi connectivity index (χ1v) is 10.3. The second kappa shape index (κ2) is 9.40. The topological polar surface area (TPSA) is 119 Å². The van der Waals surface area contributed by atoms with Gasteiger partial charge in [-0.05, 0) is 24.3 Å². The van der Waals surface area contributed by atoms with Crippen molar-refractivity contribution in [3.8, 4) is 0 Å². The summed E-state index contributed by atoms with van der Waals surface area (Å²) < 4.78 is 31.8. The van der Waals surface area contributed by atoms with Crippen LogP contribution in [0.2, 0.25) is 10.0 Å². The summed E-state index contributed by atoms with van der Waals surface area (Å²) in [5.74, 6) is -0.871. The Morgan fingerprint density at radius 3 is 2.38 bits per heavy atom. The highest BCUT2D eigenvalue weighted by molar-refractivity contribution is 7.89. The molecule has 2 aromatic carbocycles. The molecule has 0 spiro atoms. The van der Waals surface area contributed by atoms with E-state index >= 15 is 0 Å². The van der Waals surface area contributed by atoms with E-state index in [1.54, 1.807) is 32.3 Å². The zero-order valence-corrected chi connectivity index (χ0v) is 17.7. The van der Waals surface area contributed by atoms with E-state index in [-0.39, 0.29) is 22.9 Å². The van der Waals surface area contributed by atoms with Crippen molar-refractivity contribution in [3.05, 3.63) is 62.1 Å². The number of sulfonamides is 1. The summed E-state index contributed by atoms with van der Waals surface area (Å²) in [5, 5.41) is 11.8. The molecule has 12 heteroatoms. The van der Waals surface area contributed by atoms with E-state index < -0.39 is 27.5 Å². The number of halogens is 2. The van der Waals surface area contributed by atoms with Crippen LogP contribution in [0.25, 0.3) is 0 Å². The second-order valence-corrected chi connectivity index (χ2v) is 8.57. The highest BCUT2D eigenvalue weighted by atomic mass is 35.5. The lowest BCUT2D eigenvalue weighted by molar-refractivity contribution is -0.384. The maximum atomic E-state index is 12.4. The molecule has 0 fully saturated rings. The minimum Gasteiger partial charge on any atom is -0.460 e. The van der Waals surface area contributed by atoms with Crippen LogP contribution in [0, 0.1) is 10.1 Å². The number of ether oxygens (including phenoxy) is 1. The van der Waals surface area contributed by atoms with Gasteiger partial charge in [0.25, 0.3) is 5.69 Å². The Balaban J connectivity index is 2.07. The van der Waals surface area contributed by atoms with Crippen LogP contribution in [0.5, 0.6) is 0 Å². The molecule has 2 aromatic rings. The molecule has 0 heterocycles. The number of hydrogen-bond acceptors (Lipinski definition) is 7. The smallest absolute Gasteiger partial charge is 0.321 e. The zero-order chi connectivity index (χ0) is 21.8. The highest BCUT2D eigenvalue weighted by Gasteiger charge is 2.23. The van der Waals surface area contributed by atoms with Gasteiger partial charge < -0.3 is 9.64 Å². The van der Waals surface area contributed by atoms with Gasteiger partial charge in [-0.3, -0.25) is 14.9 Å². The Hall–Kier alpha value is -2.40. The molecular weight excluding hydrogens is 445 g/mol. The van der Waals surface area contributed by atoms with E-state index in [1.807, 2.05) is 0 Å². The van der Waals surface area contributed by atoms with Crippen molar-refractivity contribution >= 4 is 50.6 Å². The molecular formula is C17H17Cl2N3O6S. The molecule has 0 saturated carbocycles. The van der Waals surface area contributed by atoms with E-state index in [2.05, 4.69) is 4.72 Å². The second-order valence-electron chi connectivity index (χ2n) is 5.99. The van der Waals surface area contributed by atoms with Gasteiger partial charge in [0.15, 0.2) is 0 Å². The van der Waals surface area contributed by atoms with Crippen molar-refractivity contribution in [1.29, 1.82) is 0 Å². The molecule has 1 N–H and O–H groups in total. The fourth-order valence-electron chi connectivity index (χ4n) is 2.31. The first-order valence-electron chi connectivity index (χ1n) is 8.07. The van der Waals surface area contributed by atoms with Gasteiger partial charge in [-0.15, -0.1) is 0 Å². The number of esters is 1. The number of rotatable bonds is 8. The van der Waals surface area contributed by atoms with Gasteiger partial charge in [0, 0.05) is 35.8 Å². The van der Waals surface area contributed by atoms with E-state index in [4.69, 9.17) is 27.9 Å². The summed E-state index contributed by atoms with van der Waals surface area (Å²) in [7, 11) is -0.992. The van der Waals surface area contributed by atoms with Crippen LogP contribution in [0.15, 0.2) is 41.3 Å². The molecule has 0 aromatic heterocycles. The number of hydrogen-bond donors (Lipinski definition) is 1. The molecule has 0 aliphatic carbocycles. The molecule has 0 aliphatic rings. The van der Waals surface area contributed by atoms with Crippen LogP contribution in [0.4, 0.5) is 11.4 Å². The van der Waals surface area contributed by atoms with Gasteiger partial charge >= 0.3 is 5.97 Å². The molecule has 2 rings (SSSR count). The maximum Gasteiger partial charge on any atom is 0.321 e. The van der Waals surface area contributed by atoms with Crippen LogP contribution < -0.4 is 9.62 Å². The maximum absolute atomic E-state index is 12.4. The Labute approximate surface area is 177 Å². The molecule has 0 amide bonds. The molecule has 9 nitrogen and oxygen atoms in total. The molecule has 0 aliphatic heterocycles. The normalized spacial score (nSPS) is 11.2. The number of carbonyl (C=O) groups is 1. The standard InChI is InChI=1S/C17H17Cl2N3O6S/c1-21(2)15-7-6-11(8-16(15)22(24)25)29(26,27)20-9-17(23)28-10-12-13(18)4-3-5-14(12)19/h3-8,20H,9-10H2,1-2H3. The third-order valence-electron chi connectivity index (χ3n) is 3.78. The third-order valence-corrected chi connectivity index (χ3v) is 5.89. The minimum atomic E-state index is -4.18. The van der Waals surface area contributed by atoms with Crippen LogP contribution in [0.3, 0.4) is 0 Å². The van der Waals surface area contributed by atoms with Gasteiger partial charge in [0.1, 0.15) is 18.8 Å². The lowest BCUT2D eigenvalue weighted by Crippen LogP contribution is -2.30. The van der Waals surface area contributed by atoms with Crippen molar-refractivity contribution in [2.75, 3.05) is 25.5 Å². The molecule has 29 heavy (non-hydrogen) atoms. The van der Waals surface area contributed by atoms with Crippen molar-refractivity contribution in [2.24, 2.45) is 0 Å². The molecule has 0 atom stereocenters. The first-order chi connectivity index (χ1) is 13.5. The summed E-state index contributed by atoms with van der Waals surface area (Å²) in [6.45, 7) is -0.907. The van der Waals surface area contributed by atoms with Gasteiger partial charge in [-0.2, -0.15) is 4.72 Å². The summed E-state index contributed by atoms with van der Waals surface area (Å²) >= 11 is 11.9. The van der Waals surface area contributed by atoms with Crippen LogP contribution in [-0.4, -0.2) is 40.0 Å². The van der Waals surface area contributed by atoms with Crippen molar-refractivity contribution < 1.29 is 22.9 Å². The number of nitrogens with one attached hydrogen (secondary N) is 1. The van der Waals surface area contributed by atoms with Crippen LogP contribution >= 0.6 is 23.2 Å². The van der Waals surface area contributed by atoms with Crippen molar-refractivity contribution in [3.63, 3.8) is 0 Å². The van der Waals surface area contributed by atoms with Gasteiger partial charge in [-0.1, -0.05) is 29.3 Å². The van der Waals surface area contributed by atoms with Gasteiger partial charge in [-0.25, -0.2) is 8.42 Å². The Morgan fingerprint density at radius 2 is 1.83 bits per heavy atom. The quantitative estimate of drug-likeness (QED) is 0.364. The molecule has 0 radical (unpaired) electrons. The van der Waals surface area contributed by atoms with E-state index in [9.17, 15) is 23.3 Å². The predicted octanol–water partition coefficient (Wildman–Crippen LogP) is 2.99. The SMILES string of the molecule is CN(C)c1ccc(S(=O)(=O)NCC(=O)OCc2c(Cl)cccc2Cl)cc1[N+](=O)[O-]. The molecule has 0 saturated heterocycles. The Morgan fingerprint density at radius 1 is 1.21 bits per heavy atom. The summed E-state index contributed by atoms with van der Waals surface area (Å²) in [6, 6.07) is 8.22. The molecule has 156 valence electrons. The lowest BCUT2D eigenvalue weighted by Gasteiger charge is -2.14. The summed E-state index contributed by atoms with van der Waals surface area (Å²) in [6.07, 6.45) is 0. The van der Waals surface area contributed by atoms with E-state index in [0.717, 1.165) is 6.07 Å². The van der Waals surface area contributed by atoms with Crippen LogP contribution in [-0.2, 0) is 26.2 Å². The third kappa shape index (κ3) is 5.80. The van der Waals surface area contributed by atoms with Crippen molar-refractivity contribution in [2.45, 2.75) is 11.5 Å². The van der Waals surface area contributed by atoms with Crippen molar-refractivity contribution in [1.82, 2.24) is 4.72 Å².